The molecule has 0 radical (unpaired) electrons. The van der Waals surface area contributed by atoms with E-state index in [1.165, 1.54) is 0 Å². The zero-order valence-electron chi connectivity index (χ0n) is 16.4. The Morgan fingerprint density at radius 3 is 2.59 bits per heavy atom. The SMILES string of the molecule is COc1cccc(-c2noc(C3CC(=O)N(c4ccc(OC)cc4OC)C3)n2)c1. The molecular formula is C21H21N3O5. The summed E-state index contributed by atoms with van der Waals surface area (Å²) < 4.78 is 21.4. The van der Waals surface area contributed by atoms with Crippen LogP contribution in [0.2, 0.25) is 0 Å². The van der Waals surface area contributed by atoms with Gasteiger partial charge in [-0.1, -0.05) is 17.3 Å². The molecule has 1 aliphatic rings. The first-order valence-electron chi connectivity index (χ1n) is 9.13. The molecule has 1 atom stereocenters. The lowest BCUT2D eigenvalue weighted by Gasteiger charge is -2.19. The van der Waals surface area contributed by atoms with Gasteiger partial charge in [-0.05, 0) is 24.3 Å². The van der Waals surface area contributed by atoms with E-state index in [9.17, 15) is 4.79 Å². The van der Waals surface area contributed by atoms with Gasteiger partial charge in [0.05, 0.1) is 32.9 Å². The number of aromatic nitrogens is 2. The molecule has 2 heterocycles. The summed E-state index contributed by atoms with van der Waals surface area (Å²) in [5, 5.41) is 4.07. The summed E-state index contributed by atoms with van der Waals surface area (Å²) in [5.41, 5.74) is 1.48. The van der Waals surface area contributed by atoms with Crippen LogP contribution < -0.4 is 19.1 Å². The molecule has 0 bridgehead atoms. The maximum absolute atomic E-state index is 12.7. The van der Waals surface area contributed by atoms with E-state index in [0.29, 0.717) is 41.2 Å². The first-order chi connectivity index (χ1) is 14.1. The predicted octanol–water partition coefficient (Wildman–Crippen LogP) is 3.28. The van der Waals surface area contributed by atoms with Crippen molar-refractivity contribution in [3.05, 3.63) is 48.4 Å². The number of ether oxygens (including phenoxy) is 3. The standard InChI is InChI=1S/C21H21N3O5/c1-26-15-6-4-5-13(9-15)20-22-21(29-23-20)14-10-19(25)24(12-14)17-8-7-16(27-2)11-18(17)28-3/h4-9,11,14H,10,12H2,1-3H3. The van der Waals surface area contributed by atoms with Crippen LogP contribution >= 0.6 is 0 Å². The van der Waals surface area contributed by atoms with Crippen LogP contribution in [-0.2, 0) is 4.79 Å². The van der Waals surface area contributed by atoms with Crippen LogP contribution in [0.25, 0.3) is 11.4 Å². The Labute approximate surface area is 168 Å². The highest BCUT2D eigenvalue weighted by Gasteiger charge is 2.36. The van der Waals surface area contributed by atoms with Gasteiger partial charge in [0, 0.05) is 24.6 Å². The second-order valence-electron chi connectivity index (χ2n) is 6.63. The fourth-order valence-electron chi connectivity index (χ4n) is 3.39. The molecule has 0 aliphatic carbocycles. The molecule has 8 heteroatoms. The molecule has 1 saturated heterocycles. The van der Waals surface area contributed by atoms with E-state index in [4.69, 9.17) is 18.7 Å². The van der Waals surface area contributed by atoms with E-state index in [-0.39, 0.29) is 18.2 Å². The van der Waals surface area contributed by atoms with Crippen molar-refractivity contribution in [2.24, 2.45) is 0 Å². The number of anilines is 1. The number of carbonyl (C=O) groups excluding carboxylic acids is 1. The lowest BCUT2D eigenvalue weighted by molar-refractivity contribution is -0.117. The fourth-order valence-corrected chi connectivity index (χ4v) is 3.39. The molecule has 29 heavy (non-hydrogen) atoms. The molecule has 8 nitrogen and oxygen atoms in total. The van der Waals surface area contributed by atoms with E-state index < -0.39 is 0 Å². The van der Waals surface area contributed by atoms with Gasteiger partial charge < -0.3 is 23.6 Å². The Morgan fingerprint density at radius 1 is 1.03 bits per heavy atom. The largest absolute Gasteiger partial charge is 0.497 e. The molecule has 1 fully saturated rings. The third-order valence-corrected chi connectivity index (χ3v) is 4.92. The number of hydrogen-bond acceptors (Lipinski definition) is 7. The van der Waals surface area contributed by atoms with Crippen molar-refractivity contribution in [3.63, 3.8) is 0 Å². The monoisotopic (exact) mass is 395 g/mol. The number of carbonyl (C=O) groups is 1. The van der Waals surface area contributed by atoms with E-state index in [0.717, 1.165) is 5.56 Å². The average molecular weight is 395 g/mol. The average Bonchev–Trinajstić information content (AvgIpc) is 3.40. The quantitative estimate of drug-likeness (QED) is 0.633. The van der Waals surface area contributed by atoms with Gasteiger partial charge in [-0.25, -0.2) is 0 Å². The Kier molecular flexibility index (Phi) is 5.07. The number of hydrogen-bond donors (Lipinski definition) is 0. The highest BCUT2D eigenvalue weighted by Crippen LogP contribution is 2.38. The van der Waals surface area contributed by atoms with Crippen LogP contribution in [0, 0.1) is 0 Å². The van der Waals surface area contributed by atoms with Crippen LogP contribution in [0.5, 0.6) is 17.2 Å². The summed E-state index contributed by atoms with van der Waals surface area (Å²) in [6.45, 7) is 0.432. The van der Waals surface area contributed by atoms with E-state index in [1.807, 2.05) is 30.3 Å². The van der Waals surface area contributed by atoms with E-state index in [1.54, 1.807) is 38.4 Å². The summed E-state index contributed by atoms with van der Waals surface area (Å²) in [6.07, 6.45) is 0.287. The molecule has 3 aromatic rings. The van der Waals surface area contributed by atoms with Crippen LogP contribution in [-0.4, -0.2) is 43.9 Å². The van der Waals surface area contributed by atoms with Gasteiger partial charge in [-0.3, -0.25) is 4.79 Å². The predicted molar refractivity (Wildman–Crippen MR) is 106 cm³/mol. The van der Waals surface area contributed by atoms with Crippen molar-refractivity contribution < 1.29 is 23.5 Å². The highest BCUT2D eigenvalue weighted by atomic mass is 16.5. The number of rotatable bonds is 6. The lowest BCUT2D eigenvalue weighted by Crippen LogP contribution is -2.24. The minimum absolute atomic E-state index is 0.0282. The van der Waals surface area contributed by atoms with Crippen molar-refractivity contribution in [2.45, 2.75) is 12.3 Å². The zero-order chi connectivity index (χ0) is 20.4. The summed E-state index contributed by atoms with van der Waals surface area (Å²) in [5.74, 6) is 2.62. The summed E-state index contributed by atoms with van der Waals surface area (Å²) in [4.78, 5) is 18.9. The van der Waals surface area contributed by atoms with Gasteiger partial charge in [-0.2, -0.15) is 4.98 Å². The first-order valence-corrected chi connectivity index (χ1v) is 9.13. The van der Waals surface area contributed by atoms with Crippen LogP contribution in [0.1, 0.15) is 18.2 Å². The molecule has 2 aromatic carbocycles. The van der Waals surface area contributed by atoms with Gasteiger partial charge in [0.2, 0.25) is 17.6 Å². The maximum Gasteiger partial charge on any atom is 0.232 e. The molecular weight excluding hydrogens is 374 g/mol. The zero-order valence-corrected chi connectivity index (χ0v) is 16.4. The molecule has 1 unspecified atom stereocenters. The van der Waals surface area contributed by atoms with Gasteiger partial charge in [0.1, 0.15) is 17.2 Å². The molecule has 150 valence electrons. The molecule has 0 spiro atoms. The van der Waals surface area contributed by atoms with Crippen molar-refractivity contribution in [1.82, 2.24) is 10.1 Å². The summed E-state index contributed by atoms with van der Waals surface area (Å²) in [6, 6.07) is 12.8. The van der Waals surface area contributed by atoms with Crippen LogP contribution in [0.3, 0.4) is 0 Å². The summed E-state index contributed by atoms with van der Waals surface area (Å²) in [7, 11) is 4.75. The van der Waals surface area contributed by atoms with Gasteiger partial charge >= 0.3 is 0 Å². The normalized spacial score (nSPS) is 16.2. The van der Waals surface area contributed by atoms with E-state index in [2.05, 4.69) is 10.1 Å². The fraction of sp³-hybridized carbons (Fsp3) is 0.286. The van der Waals surface area contributed by atoms with Gasteiger partial charge in [0.15, 0.2) is 0 Å². The Hall–Kier alpha value is -3.55. The number of benzene rings is 2. The molecule has 0 saturated carbocycles. The minimum Gasteiger partial charge on any atom is -0.497 e. The van der Waals surface area contributed by atoms with Gasteiger partial charge in [0.25, 0.3) is 0 Å². The van der Waals surface area contributed by atoms with Crippen molar-refractivity contribution >= 4 is 11.6 Å². The van der Waals surface area contributed by atoms with Crippen molar-refractivity contribution in [3.8, 4) is 28.6 Å². The second-order valence-corrected chi connectivity index (χ2v) is 6.63. The number of methoxy groups -OCH3 is 3. The van der Waals surface area contributed by atoms with Crippen molar-refractivity contribution in [2.75, 3.05) is 32.8 Å². The molecule has 1 aromatic heterocycles. The Morgan fingerprint density at radius 2 is 1.83 bits per heavy atom. The molecule has 0 N–H and O–H groups in total. The Balaban J connectivity index is 1.57. The Bertz CT molecular complexity index is 1030. The number of nitrogens with zero attached hydrogens (tertiary/aromatic N) is 3. The van der Waals surface area contributed by atoms with Gasteiger partial charge in [-0.15, -0.1) is 0 Å². The lowest BCUT2D eigenvalue weighted by atomic mass is 10.1. The van der Waals surface area contributed by atoms with Crippen LogP contribution in [0.4, 0.5) is 5.69 Å². The first kappa shape index (κ1) is 18.8. The molecule has 4 rings (SSSR count). The van der Waals surface area contributed by atoms with Crippen LogP contribution in [0.15, 0.2) is 47.0 Å². The molecule has 1 aliphatic heterocycles. The smallest absolute Gasteiger partial charge is 0.232 e. The highest BCUT2D eigenvalue weighted by molar-refractivity contribution is 5.97. The van der Waals surface area contributed by atoms with E-state index >= 15 is 0 Å². The second kappa shape index (κ2) is 7.83. The van der Waals surface area contributed by atoms with Crippen molar-refractivity contribution in [1.29, 1.82) is 0 Å². The topological polar surface area (TPSA) is 86.9 Å². The molecule has 1 amide bonds. The third-order valence-electron chi connectivity index (χ3n) is 4.92. The number of amides is 1. The maximum atomic E-state index is 12.7. The minimum atomic E-state index is -0.193. The third kappa shape index (κ3) is 3.61. The summed E-state index contributed by atoms with van der Waals surface area (Å²) >= 11 is 0.